The summed E-state index contributed by atoms with van der Waals surface area (Å²) in [5, 5.41) is 9.39. The van der Waals surface area contributed by atoms with E-state index in [1.165, 1.54) is 0 Å². The largest absolute Gasteiger partial charge is 0.391 e. The van der Waals surface area contributed by atoms with Crippen LogP contribution in [0.25, 0.3) is 0 Å². The van der Waals surface area contributed by atoms with Gasteiger partial charge >= 0.3 is 0 Å². The zero-order valence-electron chi connectivity index (χ0n) is 8.03. The normalized spacial score (nSPS) is 21.4. The SMILES string of the molecule is CCC(O)CN1CCOCCC1=O. The Morgan fingerprint density at radius 2 is 2.38 bits per heavy atom. The average molecular weight is 187 g/mol. The summed E-state index contributed by atoms with van der Waals surface area (Å²) in [6.07, 6.45) is 0.725. The lowest BCUT2D eigenvalue weighted by Gasteiger charge is -2.22. The van der Waals surface area contributed by atoms with Crippen LogP contribution < -0.4 is 0 Å². The van der Waals surface area contributed by atoms with Crippen molar-refractivity contribution in [2.45, 2.75) is 25.9 Å². The summed E-state index contributed by atoms with van der Waals surface area (Å²) in [6, 6.07) is 0. The van der Waals surface area contributed by atoms with E-state index < -0.39 is 6.10 Å². The van der Waals surface area contributed by atoms with E-state index in [1.807, 2.05) is 6.92 Å². The molecule has 0 aromatic carbocycles. The molecule has 0 aromatic heterocycles. The van der Waals surface area contributed by atoms with Crippen molar-refractivity contribution in [3.05, 3.63) is 0 Å². The van der Waals surface area contributed by atoms with E-state index in [0.717, 1.165) is 0 Å². The molecule has 0 radical (unpaired) electrons. The van der Waals surface area contributed by atoms with Gasteiger partial charge in [-0.15, -0.1) is 0 Å². The Balaban J connectivity index is 2.40. The molecule has 0 spiro atoms. The van der Waals surface area contributed by atoms with Gasteiger partial charge in [-0.3, -0.25) is 4.79 Å². The minimum absolute atomic E-state index is 0.0880. The zero-order chi connectivity index (χ0) is 9.68. The fourth-order valence-corrected chi connectivity index (χ4v) is 1.30. The summed E-state index contributed by atoms with van der Waals surface area (Å²) in [5.74, 6) is 0.0880. The molecular formula is C9H17NO3. The van der Waals surface area contributed by atoms with Crippen LogP contribution in [0.5, 0.6) is 0 Å². The van der Waals surface area contributed by atoms with Crippen LogP contribution in [-0.2, 0) is 9.53 Å². The minimum atomic E-state index is -0.401. The van der Waals surface area contributed by atoms with E-state index in [9.17, 15) is 9.90 Å². The van der Waals surface area contributed by atoms with E-state index in [-0.39, 0.29) is 5.91 Å². The highest BCUT2D eigenvalue weighted by atomic mass is 16.5. The van der Waals surface area contributed by atoms with Crippen LogP contribution in [0.1, 0.15) is 19.8 Å². The first kappa shape index (κ1) is 10.5. The molecule has 0 aliphatic carbocycles. The van der Waals surface area contributed by atoms with Gasteiger partial charge in [0, 0.05) is 13.1 Å². The highest BCUT2D eigenvalue weighted by Gasteiger charge is 2.18. The van der Waals surface area contributed by atoms with Gasteiger partial charge in [-0.25, -0.2) is 0 Å². The molecule has 1 amide bonds. The number of rotatable bonds is 3. The molecule has 1 rings (SSSR count). The molecule has 1 unspecified atom stereocenters. The summed E-state index contributed by atoms with van der Waals surface area (Å²) in [5.41, 5.74) is 0. The second-order valence-electron chi connectivity index (χ2n) is 3.26. The number of hydrogen-bond donors (Lipinski definition) is 1. The van der Waals surface area contributed by atoms with Crippen LogP contribution in [0.4, 0.5) is 0 Å². The Kier molecular flexibility index (Phi) is 4.18. The van der Waals surface area contributed by atoms with Gasteiger partial charge in [0.15, 0.2) is 0 Å². The number of carbonyl (C=O) groups is 1. The van der Waals surface area contributed by atoms with Crippen LogP contribution >= 0.6 is 0 Å². The fourth-order valence-electron chi connectivity index (χ4n) is 1.30. The van der Waals surface area contributed by atoms with Crippen LogP contribution in [0.2, 0.25) is 0 Å². The Morgan fingerprint density at radius 1 is 1.62 bits per heavy atom. The number of nitrogens with zero attached hydrogens (tertiary/aromatic N) is 1. The van der Waals surface area contributed by atoms with Crippen LogP contribution in [-0.4, -0.2) is 48.3 Å². The van der Waals surface area contributed by atoms with Crippen molar-refractivity contribution in [1.29, 1.82) is 0 Å². The number of aliphatic hydroxyl groups is 1. The molecule has 1 heterocycles. The highest BCUT2D eigenvalue weighted by molar-refractivity contribution is 5.76. The predicted octanol–water partition coefficient (Wildman–Crippen LogP) is 0.00620. The first-order valence-electron chi connectivity index (χ1n) is 4.77. The summed E-state index contributed by atoms with van der Waals surface area (Å²) >= 11 is 0. The van der Waals surface area contributed by atoms with Crippen molar-refractivity contribution < 1.29 is 14.6 Å². The van der Waals surface area contributed by atoms with Crippen LogP contribution in [0.15, 0.2) is 0 Å². The topological polar surface area (TPSA) is 49.8 Å². The van der Waals surface area contributed by atoms with Gasteiger partial charge in [0.25, 0.3) is 0 Å². The number of hydrogen-bond acceptors (Lipinski definition) is 3. The number of amides is 1. The maximum absolute atomic E-state index is 11.4. The predicted molar refractivity (Wildman–Crippen MR) is 48.3 cm³/mol. The summed E-state index contributed by atoms with van der Waals surface area (Å²) in [6.45, 7) is 4.05. The fraction of sp³-hybridized carbons (Fsp3) is 0.889. The lowest BCUT2D eigenvalue weighted by molar-refractivity contribution is -0.131. The summed E-state index contributed by atoms with van der Waals surface area (Å²) < 4.78 is 5.17. The lowest BCUT2D eigenvalue weighted by atomic mass is 10.2. The molecule has 0 bridgehead atoms. The van der Waals surface area contributed by atoms with Gasteiger partial charge in [-0.05, 0) is 6.42 Å². The van der Waals surface area contributed by atoms with E-state index in [0.29, 0.717) is 39.1 Å². The zero-order valence-corrected chi connectivity index (χ0v) is 8.03. The maximum Gasteiger partial charge on any atom is 0.225 e. The van der Waals surface area contributed by atoms with Crippen molar-refractivity contribution >= 4 is 5.91 Å². The van der Waals surface area contributed by atoms with Crippen molar-refractivity contribution in [2.24, 2.45) is 0 Å². The van der Waals surface area contributed by atoms with Crippen molar-refractivity contribution in [1.82, 2.24) is 4.90 Å². The molecule has 0 aromatic rings. The molecule has 13 heavy (non-hydrogen) atoms. The first-order valence-corrected chi connectivity index (χ1v) is 4.77. The Bertz CT molecular complexity index is 172. The van der Waals surface area contributed by atoms with Crippen LogP contribution in [0, 0.1) is 0 Å². The molecule has 0 saturated carbocycles. The first-order chi connectivity index (χ1) is 6.24. The van der Waals surface area contributed by atoms with Gasteiger partial charge in [0.1, 0.15) is 0 Å². The van der Waals surface area contributed by atoms with Crippen molar-refractivity contribution in [3.63, 3.8) is 0 Å². The minimum Gasteiger partial charge on any atom is -0.391 e. The number of ether oxygens (including phenoxy) is 1. The van der Waals surface area contributed by atoms with Gasteiger partial charge in [-0.1, -0.05) is 6.92 Å². The molecule has 1 N–H and O–H groups in total. The molecule has 4 heteroatoms. The van der Waals surface area contributed by atoms with Gasteiger partial charge in [0.2, 0.25) is 5.91 Å². The molecule has 4 nitrogen and oxygen atoms in total. The Labute approximate surface area is 78.5 Å². The van der Waals surface area contributed by atoms with Gasteiger partial charge < -0.3 is 14.7 Å². The molecule has 1 aliphatic heterocycles. The molecule has 76 valence electrons. The second-order valence-corrected chi connectivity index (χ2v) is 3.26. The van der Waals surface area contributed by atoms with Gasteiger partial charge in [0.05, 0.1) is 25.7 Å². The summed E-state index contributed by atoms with van der Waals surface area (Å²) in [4.78, 5) is 13.1. The third-order valence-corrected chi connectivity index (χ3v) is 2.22. The smallest absolute Gasteiger partial charge is 0.225 e. The van der Waals surface area contributed by atoms with E-state index in [4.69, 9.17) is 4.74 Å². The summed E-state index contributed by atoms with van der Waals surface area (Å²) in [7, 11) is 0. The number of β-amino-alcohol motifs (C(OH)–C–C–N with tert-alkyl or cyclic N) is 1. The maximum atomic E-state index is 11.4. The lowest BCUT2D eigenvalue weighted by Crippen LogP contribution is -2.37. The third-order valence-electron chi connectivity index (χ3n) is 2.22. The van der Waals surface area contributed by atoms with E-state index >= 15 is 0 Å². The second kappa shape index (κ2) is 5.19. The third kappa shape index (κ3) is 3.32. The molecular weight excluding hydrogens is 170 g/mol. The highest BCUT2D eigenvalue weighted by Crippen LogP contribution is 2.03. The van der Waals surface area contributed by atoms with E-state index in [1.54, 1.807) is 4.90 Å². The van der Waals surface area contributed by atoms with Gasteiger partial charge in [-0.2, -0.15) is 0 Å². The van der Waals surface area contributed by atoms with Crippen LogP contribution in [0.3, 0.4) is 0 Å². The molecule has 1 saturated heterocycles. The standard InChI is InChI=1S/C9H17NO3/c1-2-8(11)7-10-4-6-13-5-3-9(10)12/h8,11H,2-7H2,1H3. The number of aliphatic hydroxyl groups excluding tert-OH is 1. The quantitative estimate of drug-likeness (QED) is 0.677. The Morgan fingerprint density at radius 3 is 3.08 bits per heavy atom. The van der Waals surface area contributed by atoms with Crippen molar-refractivity contribution in [2.75, 3.05) is 26.3 Å². The Hall–Kier alpha value is -0.610. The monoisotopic (exact) mass is 187 g/mol. The molecule has 1 fully saturated rings. The van der Waals surface area contributed by atoms with Crippen molar-refractivity contribution in [3.8, 4) is 0 Å². The number of carbonyl (C=O) groups excluding carboxylic acids is 1. The molecule has 1 atom stereocenters. The molecule has 1 aliphatic rings. The average Bonchev–Trinajstić information content (AvgIpc) is 2.32. The van der Waals surface area contributed by atoms with E-state index in [2.05, 4.69) is 0 Å².